The monoisotopic (exact) mass is 467 g/mol. The lowest BCUT2D eigenvalue weighted by molar-refractivity contribution is -0.133. The zero-order valence-electron chi connectivity index (χ0n) is 19.5. The van der Waals surface area contributed by atoms with Crippen molar-refractivity contribution in [3.63, 3.8) is 0 Å². The van der Waals surface area contributed by atoms with E-state index in [0.29, 0.717) is 18.9 Å². The Balaban J connectivity index is 1.71. The number of ether oxygens (including phenoxy) is 1. The molecule has 0 aliphatic heterocycles. The first-order valence-corrected chi connectivity index (χ1v) is 11.1. The van der Waals surface area contributed by atoms with Gasteiger partial charge in [-0.15, -0.1) is 0 Å². The van der Waals surface area contributed by atoms with E-state index >= 15 is 0 Å². The number of methoxy groups -OCH3 is 1. The molecule has 0 spiro atoms. The molecule has 180 valence electrons. The summed E-state index contributed by atoms with van der Waals surface area (Å²) in [5.41, 5.74) is 1.73. The van der Waals surface area contributed by atoms with Crippen LogP contribution >= 0.6 is 0 Å². The molecule has 3 rings (SSSR count). The van der Waals surface area contributed by atoms with Crippen LogP contribution in [0.2, 0.25) is 0 Å². The largest absolute Gasteiger partial charge is 0.464 e. The number of carbonyl (C=O) groups excluding carboxylic acids is 2. The van der Waals surface area contributed by atoms with Gasteiger partial charge in [0.1, 0.15) is 23.9 Å². The van der Waals surface area contributed by atoms with Gasteiger partial charge in [-0.1, -0.05) is 42.5 Å². The summed E-state index contributed by atoms with van der Waals surface area (Å²) in [6.45, 7) is 3.08. The summed E-state index contributed by atoms with van der Waals surface area (Å²) in [6, 6.07) is 18.8. The number of aryl methyl sites for hydroxylation is 1. The number of amides is 3. The molecular formula is C26H30FN3O4. The lowest BCUT2D eigenvalue weighted by Crippen LogP contribution is -2.47. The Labute approximate surface area is 199 Å². The number of nitrogens with zero attached hydrogens (tertiary/aromatic N) is 2. The summed E-state index contributed by atoms with van der Waals surface area (Å²) >= 11 is 0. The van der Waals surface area contributed by atoms with Gasteiger partial charge < -0.3 is 24.3 Å². The van der Waals surface area contributed by atoms with Crippen LogP contribution in [0, 0.1) is 12.7 Å². The smallest absolute Gasteiger partial charge is 0.318 e. The molecule has 3 aromatic rings. The maximum absolute atomic E-state index is 13.3. The van der Waals surface area contributed by atoms with E-state index in [-0.39, 0.29) is 43.9 Å². The predicted octanol–water partition coefficient (Wildman–Crippen LogP) is 4.11. The standard InChI is InChI=1S/C26H30FN3O4/c1-20-8-13-24(34-20)18-30(17-22-9-11-23(27)12-10-22)25(31)19-29(14-15-33-2)26(32)28-16-21-6-4-3-5-7-21/h3-13H,14-19H2,1-2H3,(H,28,32). The number of rotatable bonds is 11. The highest BCUT2D eigenvalue weighted by Crippen LogP contribution is 2.14. The van der Waals surface area contributed by atoms with Crippen LogP contribution in [-0.2, 0) is 29.2 Å². The Kier molecular flexibility index (Phi) is 9.22. The third-order valence-electron chi connectivity index (χ3n) is 5.25. The van der Waals surface area contributed by atoms with Crippen LogP contribution in [0.15, 0.2) is 71.1 Å². The van der Waals surface area contributed by atoms with Crippen molar-refractivity contribution in [2.24, 2.45) is 0 Å². The van der Waals surface area contributed by atoms with Crippen molar-refractivity contribution in [2.75, 3.05) is 26.8 Å². The van der Waals surface area contributed by atoms with Gasteiger partial charge in [-0.25, -0.2) is 9.18 Å². The van der Waals surface area contributed by atoms with Crippen LogP contribution in [-0.4, -0.2) is 48.5 Å². The maximum Gasteiger partial charge on any atom is 0.318 e. The van der Waals surface area contributed by atoms with Crippen LogP contribution < -0.4 is 5.32 Å². The Bertz CT molecular complexity index is 1050. The quantitative estimate of drug-likeness (QED) is 0.461. The Hall–Kier alpha value is -3.65. The van der Waals surface area contributed by atoms with Gasteiger partial charge in [-0.05, 0) is 42.3 Å². The molecule has 3 amide bonds. The predicted molar refractivity (Wildman–Crippen MR) is 126 cm³/mol. The highest BCUT2D eigenvalue weighted by atomic mass is 19.1. The molecule has 1 heterocycles. The zero-order chi connectivity index (χ0) is 24.3. The molecular weight excluding hydrogens is 437 g/mol. The van der Waals surface area contributed by atoms with Crippen LogP contribution in [0.4, 0.5) is 9.18 Å². The molecule has 7 nitrogen and oxygen atoms in total. The van der Waals surface area contributed by atoms with E-state index in [4.69, 9.17) is 9.15 Å². The molecule has 0 saturated carbocycles. The summed E-state index contributed by atoms with van der Waals surface area (Å²) in [5, 5.41) is 2.86. The highest BCUT2D eigenvalue weighted by molar-refractivity contribution is 5.84. The van der Waals surface area contributed by atoms with Crippen molar-refractivity contribution >= 4 is 11.9 Å². The van der Waals surface area contributed by atoms with Crippen molar-refractivity contribution in [1.82, 2.24) is 15.1 Å². The van der Waals surface area contributed by atoms with Crippen molar-refractivity contribution in [3.05, 3.63) is 95.2 Å². The third kappa shape index (κ3) is 7.74. The number of carbonyl (C=O) groups is 2. The normalized spacial score (nSPS) is 10.7. The van der Waals surface area contributed by atoms with E-state index in [2.05, 4.69) is 5.32 Å². The summed E-state index contributed by atoms with van der Waals surface area (Å²) in [4.78, 5) is 29.2. The van der Waals surface area contributed by atoms with Crippen molar-refractivity contribution in [3.8, 4) is 0 Å². The minimum absolute atomic E-state index is 0.134. The van der Waals surface area contributed by atoms with E-state index in [0.717, 1.165) is 16.9 Å². The SMILES string of the molecule is COCCN(CC(=O)N(Cc1ccc(F)cc1)Cc1ccc(C)o1)C(=O)NCc1ccccc1. The molecule has 2 aromatic carbocycles. The second-order valence-electron chi connectivity index (χ2n) is 7.95. The van der Waals surface area contributed by atoms with Gasteiger partial charge in [0.25, 0.3) is 0 Å². The van der Waals surface area contributed by atoms with E-state index in [1.165, 1.54) is 17.0 Å². The van der Waals surface area contributed by atoms with Crippen LogP contribution in [0.25, 0.3) is 0 Å². The Morgan fingerprint density at radius 1 is 0.941 bits per heavy atom. The summed E-state index contributed by atoms with van der Waals surface area (Å²) in [5.74, 6) is 0.768. The molecule has 1 aromatic heterocycles. The van der Waals surface area contributed by atoms with Gasteiger partial charge in [0.15, 0.2) is 0 Å². The number of hydrogen-bond donors (Lipinski definition) is 1. The minimum Gasteiger partial charge on any atom is -0.464 e. The molecule has 34 heavy (non-hydrogen) atoms. The fourth-order valence-corrected chi connectivity index (χ4v) is 3.40. The van der Waals surface area contributed by atoms with Gasteiger partial charge >= 0.3 is 6.03 Å². The molecule has 0 bridgehead atoms. The molecule has 0 radical (unpaired) electrons. The lowest BCUT2D eigenvalue weighted by atomic mass is 10.2. The van der Waals surface area contributed by atoms with E-state index in [9.17, 15) is 14.0 Å². The average Bonchev–Trinajstić information content (AvgIpc) is 3.26. The zero-order valence-corrected chi connectivity index (χ0v) is 19.5. The second kappa shape index (κ2) is 12.6. The van der Waals surface area contributed by atoms with E-state index < -0.39 is 0 Å². The van der Waals surface area contributed by atoms with E-state index in [1.54, 1.807) is 24.1 Å². The number of urea groups is 1. The second-order valence-corrected chi connectivity index (χ2v) is 7.95. The number of halogens is 1. The third-order valence-corrected chi connectivity index (χ3v) is 5.25. The first kappa shape index (κ1) is 25.0. The van der Waals surface area contributed by atoms with Gasteiger partial charge in [-0.3, -0.25) is 4.79 Å². The summed E-state index contributed by atoms with van der Waals surface area (Å²) in [7, 11) is 1.54. The number of furan rings is 1. The summed E-state index contributed by atoms with van der Waals surface area (Å²) in [6.07, 6.45) is 0. The number of hydrogen-bond acceptors (Lipinski definition) is 4. The Morgan fingerprint density at radius 3 is 2.32 bits per heavy atom. The van der Waals surface area contributed by atoms with Crippen molar-refractivity contribution in [1.29, 1.82) is 0 Å². The summed E-state index contributed by atoms with van der Waals surface area (Å²) < 4.78 is 24.1. The minimum atomic E-state index is -0.357. The highest BCUT2D eigenvalue weighted by Gasteiger charge is 2.22. The van der Waals surface area contributed by atoms with Gasteiger partial charge in [0, 0.05) is 26.7 Å². The maximum atomic E-state index is 13.3. The van der Waals surface area contributed by atoms with Gasteiger partial charge in [0.05, 0.1) is 13.2 Å². The number of benzene rings is 2. The molecule has 0 aliphatic carbocycles. The molecule has 8 heteroatoms. The van der Waals surface area contributed by atoms with Gasteiger partial charge in [0.2, 0.25) is 5.91 Å². The molecule has 0 saturated heterocycles. The molecule has 0 atom stereocenters. The van der Waals surface area contributed by atoms with E-state index in [1.807, 2.05) is 49.4 Å². The van der Waals surface area contributed by atoms with Crippen LogP contribution in [0.1, 0.15) is 22.6 Å². The van der Waals surface area contributed by atoms with Gasteiger partial charge in [-0.2, -0.15) is 0 Å². The Morgan fingerprint density at radius 2 is 1.68 bits per heavy atom. The lowest BCUT2D eigenvalue weighted by Gasteiger charge is -2.27. The van der Waals surface area contributed by atoms with Crippen LogP contribution in [0.3, 0.4) is 0 Å². The fourth-order valence-electron chi connectivity index (χ4n) is 3.40. The first-order valence-electron chi connectivity index (χ1n) is 11.1. The van der Waals surface area contributed by atoms with Crippen LogP contribution in [0.5, 0.6) is 0 Å². The van der Waals surface area contributed by atoms with Crippen molar-refractivity contribution < 1.29 is 23.1 Å². The fraction of sp³-hybridized carbons (Fsp3) is 0.308. The number of nitrogens with one attached hydrogen (secondary N) is 1. The molecule has 0 unspecified atom stereocenters. The first-order chi connectivity index (χ1) is 16.4. The molecule has 1 N–H and O–H groups in total. The van der Waals surface area contributed by atoms with Crippen molar-refractivity contribution in [2.45, 2.75) is 26.6 Å². The average molecular weight is 468 g/mol. The topological polar surface area (TPSA) is 75.0 Å². The molecule has 0 fully saturated rings. The molecule has 0 aliphatic rings.